The first kappa shape index (κ1) is 15.1. The average Bonchev–Trinajstić information content (AvgIpc) is 3.05. The van der Waals surface area contributed by atoms with E-state index in [4.69, 9.17) is 9.47 Å². The SMILES string of the molecule is c1cc(CN2CCC3(CC2)CO[C@H](COCC2CC2)C3)cs1. The van der Waals surface area contributed by atoms with Gasteiger partial charge in [-0.1, -0.05) is 0 Å². The smallest absolute Gasteiger partial charge is 0.0814 e. The van der Waals surface area contributed by atoms with Crippen LogP contribution in [0.25, 0.3) is 0 Å². The number of hydrogen-bond acceptors (Lipinski definition) is 4. The Balaban J connectivity index is 1.20. The quantitative estimate of drug-likeness (QED) is 0.800. The number of likely N-dealkylation sites (tertiary alicyclic amines) is 1. The predicted octanol–water partition coefficient (Wildman–Crippen LogP) is 3.55. The van der Waals surface area contributed by atoms with Gasteiger partial charge in [-0.25, -0.2) is 0 Å². The lowest BCUT2D eigenvalue weighted by Gasteiger charge is -2.38. The highest BCUT2D eigenvalue weighted by molar-refractivity contribution is 7.07. The molecule has 3 aliphatic rings. The lowest BCUT2D eigenvalue weighted by Crippen LogP contribution is -2.40. The van der Waals surface area contributed by atoms with Crippen molar-refractivity contribution in [3.8, 4) is 0 Å². The second-order valence-electron chi connectivity index (χ2n) is 7.53. The van der Waals surface area contributed by atoms with Gasteiger partial charge in [-0.2, -0.15) is 11.3 Å². The minimum Gasteiger partial charge on any atom is -0.378 e. The van der Waals surface area contributed by atoms with Crippen molar-refractivity contribution in [3.63, 3.8) is 0 Å². The van der Waals surface area contributed by atoms with Gasteiger partial charge in [0.2, 0.25) is 0 Å². The van der Waals surface area contributed by atoms with Gasteiger partial charge in [0.05, 0.1) is 19.3 Å². The van der Waals surface area contributed by atoms with E-state index in [2.05, 4.69) is 21.7 Å². The maximum Gasteiger partial charge on any atom is 0.0814 e. The van der Waals surface area contributed by atoms with E-state index in [1.165, 1.54) is 50.8 Å². The first-order valence-electron chi connectivity index (χ1n) is 8.74. The summed E-state index contributed by atoms with van der Waals surface area (Å²) in [6.45, 7) is 6.28. The highest BCUT2D eigenvalue weighted by Crippen LogP contribution is 2.42. The molecule has 1 aliphatic carbocycles. The molecule has 3 nitrogen and oxygen atoms in total. The van der Waals surface area contributed by atoms with Crippen molar-refractivity contribution in [1.29, 1.82) is 0 Å². The summed E-state index contributed by atoms with van der Waals surface area (Å²) in [5, 5.41) is 4.45. The molecule has 1 spiro atoms. The molecular weight excluding hydrogens is 294 g/mol. The minimum atomic E-state index is 0.349. The van der Waals surface area contributed by atoms with E-state index in [9.17, 15) is 0 Å². The summed E-state index contributed by atoms with van der Waals surface area (Å²) in [6, 6.07) is 2.25. The fourth-order valence-electron chi connectivity index (χ4n) is 3.83. The fraction of sp³-hybridized carbons (Fsp3) is 0.778. The molecule has 3 heterocycles. The van der Waals surface area contributed by atoms with Crippen molar-refractivity contribution < 1.29 is 9.47 Å². The third-order valence-electron chi connectivity index (χ3n) is 5.54. The molecule has 0 bridgehead atoms. The lowest BCUT2D eigenvalue weighted by molar-refractivity contribution is 0.00917. The summed E-state index contributed by atoms with van der Waals surface area (Å²) >= 11 is 1.80. The summed E-state index contributed by atoms with van der Waals surface area (Å²) in [4.78, 5) is 2.60. The van der Waals surface area contributed by atoms with Gasteiger partial charge in [-0.3, -0.25) is 4.90 Å². The third kappa shape index (κ3) is 3.73. The molecule has 0 amide bonds. The predicted molar refractivity (Wildman–Crippen MR) is 89.2 cm³/mol. The molecule has 2 aliphatic heterocycles. The van der Waals surface area contributed by atoms with Crippen LogP contribution in [0.15, 0.2) is 16.8 Å². The summed E-state index contributed by atoms with van der Waals surface area (Å²) in [5.74, 6) is 0.857. The van der Waals surface area contributed by atoms with Crippen molar-refractivity contribution in [3.05, 3.63) is 22.4 Å². The van der Waals surface area contributed by atoms with Crippen LogP contribution in [0.5, 0.6) is 0 Å². The van der Waals surface area contributed by atoms with Crippen molar-refractivity contribution in [2.75, 3.05) is 32.9 Å². The highest BCUT2D eigenvalue weighted by atomic mass is 32.1. The van der Waals surface area contributed by atoms with E-state index >= 15 is 0 Å². The third-order valence-corrected chi connectivity index (χ3v) is 6.28. The largest absolute Gasteiger partial charge is 0.378 e. The van der Waals surface area contributed by atoms with Crippen LogP contribution in [0.4, 0.5) is 0 Å². The van der Waals surface area contributed by atoms with Crippen LogP contribution >= 0.6 is 11.3 Å². The van der Waals surface area contributed by atoms with Gasteiger partial charge in [0.1, 0.15) is 0 Å². The molecule has 0 radical (unpaired) electrons. The number of thiophene rings is 1. The number of piperidine rings is 1. The van der Waals surface area contributed by atoms with E-state index in [0.717, 1.165) is 32.3 Å². The zero-order chi connectivity index (χ0) is 14.8. The zero-order valence-electron chi connectivity index (χ0n) is 13.3. The number of ether oxygens (including phenoxy) is 2. The monoisotopic (exact) mass is 321 g/mol. The first-order valence-corrected chi connectivity index (χ1v) is 9.68. The molecular formula is C18H27NO2S. The van der Waals surface area contributed by atoms with Crippen LogP contribution in [-0.2, 0) is 16.0 Å². The van der Waals surface area contributed by atoms with E-state index in [0.29, 0.717) is 11.5 Å². The molecule has 1 saturated carbocycles. The van der Waals surface area contributed by atoms with Crippen molar-refractivity contribution in [2.45, 2.75) is 44.8 Å². The molecule has 0 unspecified atom stereocenters. The maximum atomic E-state index is 6.05. The van der Waals surface area contributed by atoms with Crippen LogP contribution in [-0.4, -0.2) is 43.9 Å². The summed E-state index contributed by atoms with van der Waals surface area (Å²) in [5.41, 5.74) is 1.91. The average molecular weight is 321 g/mol. The number of rotatable bonds is 6. The van der Waals surface area contributed by atoms with E-state index in [1.807, 2.05) is 0 Å². The Hall–Kier alpha value is -0.420. The molecule has 22 heavy (non-hydrogen) atoms. The zero-order valence-corrected chi connectivity index (χ0v) is 14.2. The van der Waals surface area contributed by atoms with Gasteiger partial charge >= 0.3 is 0 Å². The van der Waals surface area contributed by atoms with Crippen LogP contribution < -0.4 is 0 Å². The number of hydrogen-bond donors (Lipinski definition) is 0. The second kappa shape index (κ2) is 6.60. The molecule has 1 aromatic heterocycles. The van der Waals surface area contributed by atoms with Crippen LogP contribution in [0.1, 0.15) is 37.7 Å². The Bertz CT molecular complexity index is 463. The molecule has 122 valence electrons. The molecule has 1 aromatic rings. The summed E-state index contributed by atoms with van der Waals surface area (Å²) < 4.78 is 11.9. The van der Waals surface area contributed by atoms with E-state index in [-0.39, 0.29) is 0 Å². The fourth-order valence-corrected chi connectivity index (χ4v) is 4.49. The summed E-state index contributed by atoms with van der Waals surface area (Å²) in [6.07, 6.45) is 6.88. The van der Waals surface area contributed by atoms with Gasteiger partial charge in [0.25, 0.3) is 0 Å². The molecule has 3 fully saturated rings. The first-order chi connectivity index (χ1) is 10.8. The van der Waals surface area contributed by atoms with Gasteiger partial charge < -0.3 is 9.47 Å². The van der Waals surface area contributed by atoms with Gasteiger partial charge in [0, 0.05) is 13.2 Å². The molecule has 1 atom stereocenters. The Morgan fingerprint density at radius 1 is 1.27 bits per heavy atom. The number of nitrogens with zero attached hydrogens (tertiary/aromatic N) is 1. The topological polar surface area (TPSA) is 21.7 Å². The van der Waals surface area contributed by atoms with Crippen LogP contribution in [0.2, 0.25) is 0 Å². The van der Waals surface area contributed by atoms with Crippen LogP contribution in [0, 0.1) is 11.3 Å². The standard InChI is InChI=1S/C18H27NO2S/c1-2-15(1)11-20-12-17-9-18(14-21-17)4-6-19(7-5-18)10-16-3-8-22-13-16/h3,8,13,15,17H,1-2,4-7,9-12,14H2/t17-/m0/s1. The Kier molecular flexibility index (Phi) is 4.54. The normalized spacial score (nSPS) is 28.5. The van der Waals surface area contributed by atoms with Gasteiger partial charge in [0.15, 0.2) is 0 Å². The summed E-state index contributed by atoms with van der Waals surface area (Å²) in [7, 11) is 0. The molecule has 4 heteroatoms. The molecule has 4 rings (SSSR count). The van der Waals surface area contributed by atoms with Gasteiger partial charge in [-0.05, 0) is 78.9 Å². The van der Waals surface area contributed by atoms with Crippen molar-refractivity contribution in [2.24, 2.45) is 11.3 Å². The van der Waals surface area contributed by atoms with E-state index in [1.54, 1.807) is 11.3 Å². The minimum absolute atomic E-state index is 0.349. The van der Waals surface area contributed by atoms with E-state index < -0.39 is 0 Å². The molecule has 0 N–H and O–H groups in total. The van der Waals surface area contributed by atoms with Crippen molar-refractivity contribution in [1.82, 2.24) is 4.90 Å². The Labute approximate surface area is 137 Å². The van der Waals surface area contributed by atoms with Crippen LogP contribution in [0.3, 0.4) is 0 Å². The highest BCUT2D eigenvalue weighted by Gasteiger charge is 2.42. The Morgan fingerprint density at radius 2 is 2.14 bits per heavy atom. The second-order valence-corrected chi connectivity index (χ2v) is 8.31. The van der Waals surface area contributed by atoms with Crippen molar-refractivity contribution >= 4 is 11.3 Å². The lowest BCUT2D eigenvalue weighted by atomic mass is 9.76. The molecule has 0 aromatic carbocycles. The Morgan fingerprint density at radius 3 is 2.86 bits per heavy atom. The molecule has 2 saturated heterocycles. The maximum absolute atomic E-state index is 6.05. The van der Waals surface area contributed by atoms with Gasteiger partial charge in [-0.15, -0.1) is 0 Å².